The van der Waals surface area contributed by atoms with Crippen molar-refractivity contribution in [2.45, 2.75) is 13.5 Å². The van der Waals surface area contributed by atoms with Crippen LogP contribution in [0.4, 0.5) is 29.3 Å². The lowest BCUT2D eigenvalue weighted by atomic mass is 10.2. The molecule has 3 N–H and O–H groups in total. The molecule has 0 aliphatic rings. The van der Waals surface area contributed by atoms with E-state index in [-0.39, 0.29) is 5.56 Å². The van der Waals surface area contributed by atoms with Gasteiger partial charge in [-0.15, -0.1) is 0 Å². The minimum absolute atomic E-state index is 0.385. The smallest absolute Gasteiger partial charge is 0.323 e. The highest BCUT2D eigenvalue weighted by molar-refractivity contribution is 6.00. The van der Waals surface area contributed by atoms with Crippen LogP contribution in [0.5, 0.6) is 0 Å². The minimum Gasteiger partial charge on any atom is -0.335 e. The van der Waals surface area contributed by atoms with E-state index in [2.05, 4.69) is 25.7 Å². The molecule has 0 saturated carbocycles. The van der Waals surface area contributed by atoms with E-state index < -0.39 is 29.2 Å². The normalized spacial score (nSPS) is 11.1. The molecule has 2 aromatic heterocycles. The molecule has 35 heavy (non-hydrogen) atoms. The predicted molar refractivity (Wildman–Crippen MR) is 127 cm³/mol. The largest absolute Gasteiger partial charge is 0.335 e. The Labute approximate surface area is 197 Å². The second-order valence-corrected chi connectivity index (χ2v) is 7.92. The Morgan fingerprint density at radius 2 is 1.74 bits per heavy atom. The van der Waals surface area contributed by atoms with Gasteiger partial charge in [-0.3, -0.25) is 0 Å². The number of hydrogen-bond donors (Lipinski definition) is 3. The molecule has 0 bridgehead atoms. The zero-order chi connectivity index (χ0) is 24.5. The van der Waals surface area contributed by atoms with E-state index in [0.29, 0.717) is 29.8 Å². The number of amides is 2. The van der Waals surface area contributed by atoms with Gasteiger partial charge in [0.15, 0.2) is 17.3 Å². The molecule has 3 aromatic carbocycles. The summed E-state index contributed by atoms with van der Waals surface area (Å²) in [5.41, 5.74) is 2.65. The van der Waals surface area contributed by atoms with Crippen LogP contribution in [0.15, 0.2) is 66.9 Å². The number of halogens is 3. The first-order valence-corrected chi connectivity index (χ1v) is 10.7. The van der Waals surface area contributed by atoms with Gasteiger partial charge in [0.05, 0.1) is 12.7 Å². The fourth-order valence-corrected chi connectivity index (χ4v) is 3.65. The van der Waals surface area contributed by atoms with Gasteiger partial charge in [0.25, 0.3) is 0 Å². The molecule has 5 aromatic rings. The average Bonchev–Trinajstić information content (AvgIpc) is 3.44. The van der Waals surface area contributed by atoms with Crippen molar-refractivity contribution in [1.29, 1.82) is 0 Å². The topological polar surface area (TPSA) is 87.6 Å². The summed E-state index contributed by atoms with van der Waals surface area (Å²) in [6, 6.07) is 16.3. The third-order valence-electron chi connectivity index (χ3n) is 5.51. The second kappa shape index (κ2) is 8.98. The Morgan fingerprint density at radius 1 is 1.00 bits per heavy atom. The molecule has 176 valence electrons. The van der Waals surface area contributed by atoms with E-state index in [0.717, 1.165) is 23.6 Å². The van der Waals surface area contributed by atoms with Gasteiger partial charge in [-0.25, -0.2) is 27.6 Å². The molecule has 0 unspecified atom stereocenters. The van der Waals surface area contributed by atoms with Gasteiger partial charge in [-0.05, 0) is 36.8 Å². The van der Waals surface area contributed by atoms with E-state index in [9.17, 15) is 18.0 Å². The summed E-state index contributed by atoms with van der Waals surface area (Å²) in [4.78, 5) is 20.1. The quantitative estimate of drug-likeness (QED) is 0.298. The van der Waals surface area contributed by atoms with Crippen LogP contribution in [0.2, 0.25) is 0 Å². The van der Waals surface area contributed by atoms with Crippen LogP contribution in [-0.2, 0) is 6.54 Å². The fraction of sp³-hybridized carbons (Fsp3) is 0.0800. The molecule has 0 spiro atoms. The van der Waals surface area contributed by atoms with E-state index in [1.54, 1.807) is 35.1 Å². The van der Waals surface area contributed by atoms with Crippen molar-refractivity contribution in [3.05, 3.63) is 95.4 Å². The maximum absolute atomic E-state index is 14.1. The number of fused-ring (bicyclic) bond motifs is 1. The van der Waals surface area contributed by atoms with Gasteiger partial charge in [-0.2, -0.15) is 5.10 Å². The van der Waals surface area contributed by atoms with Gasteiger partial charge < -0.3 is 15.6 Å². The zero-order valence-electron chi connectivity index (χ0n) is 18.4. The number of nitrogens with one attached hydrogen (secondary N) is 3. The van der Waals surface area contributed by atoms with Crippen LogP contribution in [-0.4, -0.2) is 25.8 Å². The number of carbonyl (C=O) groups excluding carboxylic acids is 1. The van der Waals surface area contributed by atoms with Crippen molar-refractivity contribution in [2.75, 3.05) is 10.6 Å². The number of aromatic nitrogens is 4. The maximum Gasteiger partial charge on any atom is 0.323 e. The Hall–Kier alpha value is -4.60. The van der Waals surface area contributed by atoms with Gasteiger partial charge in [0.2, 0.25) is 0 Å². The summed E-state index contributed by atoms with van der Waals surface area (Å²) >= 11 is 0. The lowest BCUT2D eigenvalue weighted by molar-refractivity contribution is 0.262. The van der Waals surface area contributed by atoms with Crippen LogP contribution in [0, 0.1) is 24.4 Å². The molecular weight excluding hydrogens is 457 g/mol. The van der Waals surface area contributed by atoms with Gasteiger partial charge >= 0.3 is 6.03 Å². The molecule has 10 heteroatoms. The first kappa shape index (κ1) is 22.2. The van der Waals surface area contributed by atoms with Crippen LogP contribution < -0.4 is 10.6 Å². The number of nitrogens with zero attached hydrogens (tertiary/aromatic N) is 3. The number of anilines is 2. The van der Waals surface area contributed by atoms with Crippen molar-refractivity contribution in [3.63, 3.8) is 0 Å². The molecule has 7 nitrogen and oxygen atoms in total. The van der Waals surface area contributed by atoms with Crippen LogP contribution in [0.1, 0.15) is 11.1 Å². The van der Waals surface area contributed by atoms with Crippen molar-refractivity contribution in [2.24, 2.45) is 0 Å². The van der Waals surface area contributed by atoms with Crippen LogP contribution in [0.25, 0.3) is 22.6 Å². The first-order valence-electron chi connectivity index (χ1n) is 10.7. The number of rotatable bonds is 5. The predicted octanol–water partition coefficient (Wildman–Crippen LogP) is 5.84. The third-order valence-corrected chi connectivity index (χ3v) is 5.51. The standard InChI is InChI=1S/C25H19F3N6O/c1-14-18(26)11-19(27)22(21(14)28)32-25(35)30-17-9-7-16(8-10-17)23-31-20-12-29-34(24(20)33-23)13-15-5-3-2-4-6-15/h2-12H,13H2,1H3,(H,31,33)(H2,30,32,35). The van der Waals surface area contributed by atoms with Gasteiger partial charge in [0, 0.05) is 22.9 Å². The Bertz CT molecular complexity index is 1530. The third kappa shape index (κ3) is 4.45. The molecule has 0 atom stereocenters. The number of hydrogen-bond acceptors (Lipinski definition) is 3. The summed E-state index contributed by atoms with van der Waals surface area (Å²) in [5.74, 6) is -2.77. The first-order chi connectivity index (χ1) is 16.9. The van der Waals surface area contributed by atoms with Crippen molar-refractivity contribution in [1.82, 2.24) is 19.7 Å². The SMILES string of the molecule is Cc1c(F)cc(F)c(NC(=O)Nc2ccc(-c3nc4c(cnn4Cc4ccccc4)[nH]3)cc2)c1F. The van der Waals surface area contributed by atoms with Crippen molar-refractivity contribution >= 4 is 28.6 Å². The second-order valence-electron chi connectivity index (χ2n) is 7.92. The van der Waals surface area contributed by atoms with Gasteiger partial charge in [0.1, 0.15) is 22.8 Å². The Balaban J connectivity index is 1.29. The highest BCUT2D eigenvalue weighted by Gasteiger charge is 2.18. The van der Waals surface area contributed by atoms with E-state index in [1.165, 1.54) is 0 Å². The molecule has 0 radical (unpaired) electrons. The summed E-state index contributed by atoms with van der Waals surface area (Å²) in [6.45, 7) is 1.74. The number of urea groups is 1. The Kier molecular flexibility index (Phi) is 5.69. The molecule has 5 rings (SSSR count). The summed E-state index contributed by atoms with van der Waals surface area (Å²) in [7, 11) is 0. The fourth-order valence-electron chi connectivity index (χ4n) is 3.65. The van der Waals surface area contributed by atoms with E-state index in [4.69, 9.17) is 0 Å². The molecule has 0 aliphatic carbocycles. The average molecular weight is 476 g/mol. The summed E-state index contributed by atoms with van der Waals surface area (Å²) < 4.78 is 43.3. The lowest BCUT2D eigenvalue weighted by Gasteiger charge is -2.11. The molecule has 2 amide bonds. The lowest BCUT2D eigenvalue weighted by Crippen LogP contribution is -2.21. The number of H-pyrrole nitrogens is 1. The highest BCUT2D eigenvalue weighted by Crippen LogP contribution is 2.25. The van der Waals surface area contributed by atoms with E-state index >= 15 is 0 Å². The van der Waals surface area contributed by atoms with Gasteiger partial charge in [-0.1, -0.05) is 30.3 Å². The molecule has 0 saturated heterocycles. The molecular formula is C25H19F3N6O. The zero-order valence-corrected chi connectivity index (χ0v) is 18.4. The number of carbonyl (C=O) groups is 1. The molecule has 0 aliphatic heterocycles. The number of benzene rings is 3. The maximum atomic E-state index is 14.1. The number of imidazole rings is 1. The Morgan fingerprint density at radius 3 is 2.49 bits per heavy atom. The molecule has 2 heterocycles. The number of aromatic amines is 1. The monoisotopic (exact) mass is 476 g/mol. The molecule has 0 fully saturated rings. The van der Waals surface area contributed by atoms with Crippen LogP contribution >= 0.6 is 0 Å². The van der Waals surface area contributed by atoms with Crippen molar-refractivity contribution < 1.29 is 18.0 Å². The van der Waals surface area contributed by atoms with Crippen LogP contribution in [0.3, 0.4) is 0 Å². The van der Waals surface area contributed by atoms with Crippen molar-refractivity contribution in [3.8, 4) is 11.4 Å². The van der Waals surface area contributed by atoms with E-state index in [1.807, 2.05) is 30.3 Å². The summed E-state index contributed by atoms with van der Waals surface area (Å²) in [5, 5.41) is 8.96. The highest BCUT2D eigenvalue weighted by atomic mass is 19.1. The minimum atomic E-state index is -1.20. The summed E-state index contributed by atoms with van der Waals surface area (Å²) in [6.07, 6.45) is 1.71.